The maximum Gasteiger partial charge on any atom is 0.291 e. The standard InChI is InChI=1S/C9H12N2O3/c1-7-10-6-8(14-7)9(12)11-2-4-13-5-3-11/h6H,2-5H2,1H3. The number of carbonyl (C=O) groups is 1. The maximum absolute atomic E-state index is 11.7. The molecular formula is C9H12N2O3. The van der Waals surface area contributed by atoms with Crippen LogP contribution >= 0.6 is 0 Å². The van der Waals surface area contributed by atoms with Gasteiger partial charge >= 0.3 is 0 Å². The summed E-state index contributed by atoms with van der Waals surface area (Å²) in [6.07, 6.45) is 1.47. The van der Waals surface area contributed by atoms with Crippen LogP contribution in [0.4, 0.5) is 0 Å². The first kappa shape index (κ1) is 9.21. The number of amides is 1. The molecule has 76 valence electrons. The quantitative estimate of drug-likeness (QED) is 0.654. The number of ether oxygens (including phenoxy) is 1. The molecule has 1 amide bonds. The molecule has 1 saturated heterocycles. The first-order valence-corrected chi connectivity index (χ1v) is 4.57. The molecule has 0 saturated carbocycles. The van der Waals surface area contributed by atoms with E-state index in [1.54, 1.807) is 11.8 Å². The van der Waals surface area contributed by atoms with Gasteiger partial charge in [-0.3, -0.25) is 4.79 Å². The molecule has 0 aromatic carbocycles. The lowest BCUT2D eigenvalue weighted by molar-refractivity contribution is 0.0282. The third kappa shape index (κ3) is 1.77. The van der Waals surface area contributed by atoms with Gasteiger partial charge in [-0.15, -0.1) is 0 Å². The van der Waals surface area contributed by atoms with Gasteiger partial charge in [0.05, 0.1) is 19.4 Å². The summed E-state index contributed by atoms with van der Waals surface area (Å²) < 4.78 is 10.3. The van der Waals surface area contributed by atoms with Crippen molar-refractivity contribution in [2.24, 2.45) is 0 Å². The molecule has 1 aliphatic rings. The smallest absolute Gasteiger partial charge is 0.291 e. The van der Waals surface area contributed by atoms with Crippen molar-refractivity contribution in [2.45, 2.75) is 6.92 Å². The average Bonchev–Trinajstić information content (AvgIpc) is 2.65. The van der Waals surface area contributed by atoms with Crippen molar-refractivity contribution in [1.29, 1.82) is 0 Å². The second-order valence-corrected chi connectivity index (χ2v) is 3.15. The third-order valence-electron chi connectivity index (χ3n) is 2.13. The van der Waals surface area contributed by atoms with Gasteiger partial charge in [0.15, 0.2) is 5.89 Å². The number of rotatable bonds is 1. The Morgan fingerprint density at radius 2 is 2.21 bits per heavy atom. The lowest BCUT2D eigenvalue weighted by Gasteiger charge is -2.25. The summed E-state index contributed by atoms with van der Waals surface area (Å²) in [5.74, 6) is 0.722. The number of oxazole rings is 1. The summed E-state index contributed by atoms with van der Waals surface area (Å²) in [4.78, 5) is 17.3. The average molecular weight is 196 g/mol. The first-order valence-electron chi connectivity index (χ1n) is 4.57. The van der Waals surface area contributed by atoms with Crippen LogP contribution in [0.1, 0.15) is 16.4 Å². The van der Waals surface area contributed by atoms with Crippen molar-refractivity contribution in [2.75, 3.05) is 26.3 Å². The van der Waals surface area contributed by atoms with E-state index in [-0.39, 0.29) is 5.91 Å². The zero-order valence-corrected chi connectivity index (χ0v) is 8.02. The van der Waals surface area contributed by atoms with Crippen molar-refractivity contribution in [1.82, 2.24) is 9.88 Å². The van der Waals surface area contributed by atoms with E-state index in [1.807, 2.05) is 0 Å². The van der Waals surface area contributed by atoms with Crippen LogP contribution in [0.2, 0.25) is 0 Å². The van der Waals surface area contributed by atoms with Gasteiger partial charge in [0.25, 0.3) is 5.91 Å². The van der Waals surface area contributed by atoms with E-state index in [0.29, 0.717) is 38.0 Å². The van der Waals surface area contributed by atoms with Crippen molar-refractivity contribution < 1.29 is 13.9 Å². The Balaban J connectivity index is 2.07. The van der Waals surface area contributed by atoms with Crippen LogP contribution in [-0.4, -0.2) is 42.1 Å². The SMILES string of the molecule is Cc1ncc(C(=O)N2CCOCC2)o1. The van der Waals surface area contributed by atoms with Crippen molar-refractivity contribution in [3.63, 3.8) is 0 Å². The van der Waals surface area contributed by atoms with Crippen molar-refractivity contribution in [3.8, 4) is 0 Å². The van der Waals surface area contributed by atoms with Crippen LogP contribution in [-0.2, 0) is 4.74 Å². The molecule has 14 heavy (non-hydrogen) atoms. The Bertz CT molecular complexity index is 329. The van der Waals surface area contributed by atoms with Crippen molar-refractivity contribution in [3.05, 3.63) is 17.8 Å². The lowest BCUT2D eigenvalue weighted by Crippen LogP contribution is -2.40. The van der Waals surface area contributed by atoms with E-state index < -0.39 is 0 Å². The topological polar surface area (TPSA) is 55.6 Å². The van der Waals surface area contributed by atoms with E-state index >= 15 is 0 Å². The highest BCUT2D eigenvalue weighted by molar-refractivity contribution is 5.91. The van der Waals surface area contributed by atoms with E-state index in [9.17, 15) is 4.79 Å². The Morgan fingerprint density at radius 1 is 1.50 bits per heavy atom. The van der Waals surface area contributed by atoms with Gasteiger partial charge in [-0.2, -0.15) is 0 Å². The van der Waals surface area contributed by atoms with E-state index in [1.165, 1.54) is 6.20 Å². The summed E-state index contributed by atoms with van der Waals surface area (Å²) in [6.45, 7) is 4.16. The highest BCUT2D eigenvalue weighted by atomic mass is 16.5. The van der Waals surface area contributed by atoms with Crippen molar-refractivity contribution >= 4 is 5.91 Å². The Labute approximate surface area is 81.7 Å². The maximum atomic E-state index is 11.7. The molecule has 0 N–H and O–H groups in total. The molecule has 0 radical (unpaired) electrons. The molecule has 0 atom stereocenters. The van der Waals surface area contributed by atoms with E-state index in [2.05, 4.69) is 4.98 Å². The van der Waals surface area contributed by atoms with Gasteiger partial charge in [0.1, 0.15) is 0 Å². The molecule has 0 unspecified atom stereocenters. The number of morpholine rings is 1. The largest absolute Gasteiger partial charge is 0.436 e. The molecule has 2 rings (SSSR count). The minimum atomic E-state index is -0.103. The second kappa shape index (κ2) is 3.79. The minimum absolute atomic E-state index is 0.103. The second-order valence-electron chi connectivity index (χ2n) is 3.15. The molecule has 5 heteroatoms. The number of carbonyl (C=O) groups excluding carboxylic acids is 1. The van der Waals surface area contributed by atoms with Crippen LogP contribution in [0.25, 0.3) is 0 Å². The highest BCUT2D eigenvalue weighted by Gasteiger charge is 2.21. The normalized spacial score (nSPS) is 17.1. The van der Waals surface area contributed by atoms with Gasteiger partial charge in [0, 0.05) is 20.0 Å². The fourth-order valence-corrected chi connectivity index (χ4v) is 1.38. The van der Waals surface area contributed by atoms with Crippen LogP contribution in [0.3, 0.4) is 0 Å². The molecule has 2 heterocycles. The number of aromatic nitrogens is 1. The molecule has 1 aliphatic heterocycles. The van der Waals surface area contributed by atoms with Gasteiger partial charge in [-0.1, -0.05) is 0 Å². The Kier molecular flexibility index (Phi) is 2.49. The van der Waals surface area contributed by atoms with Crippen LogP contribution < -0.4 is 0 Å². The van der Waals surface area contributed by atoms with Gasteiger partial charge in [0.2, 0.25) is 5.76 Å². The van der Waals surface area contributed by atoms with Gasteiger partial charge in [-0.25, -0.2) is 4.98 Å². The third-order valence-corrected chi connectivity index (χ3v) is 2.13. The summed E-state index contributed by atoms with van der Waals surface area (Å²) in [7, 11) is 0. The molecule has 5 nitrogen and oxygen atoms in total. The Hall–Kier alpha value is -1.36. The van der Waals surface area contributed by atoms with Crippen LogP contribution in [0.5, 0.6) is 0 Å². The molecule has 0 aliphatic carbocycles. The zero-order valence-electron chi connectivity index (χ0n) is 8.02. The monoisotopic (exact) mass is 196 g/mol. The molecule has 0 bridgehead atoms. The molecule has 1 fully saturated rings. The minimum Gasteiger partial charge on any atom is -0.436 e. The molecule has 1 aromatic rings. The van der Waals surface area contributed by atoms with E-state index in [0.717, 1.165) is 0 Å². The highest BCUT2D eigenvalue weighted by Crippen LogP contribution is 2.08. The molecular weight excluding hydrogens is 184 g/mol. The molecule has 0 spiro atoms. The lowest BCUT2D eigenvalue weighted by atomic mass is 10.3. The summed E-state index contributed by atoms with van der Waals surface area (Å²) in [5, 5.41) is 0. The Morgan fingerprint density at radius 3 is 2.79 bits per heavy atom. The number of hydrogen-bond donors (Lipinski definition) is 0. The fourth-order valence-electron chi connectivity index (χ4n) is 1.38. The fraction of sp³-hybridized carbons (Fsp3) is 0.556. The number of aryl methyl sites for hydroxylation is 1. The van der Waals surface area contributed by atoms with Gasteiger partial charge < -0.3 is 14.1 Å². The number of nitrogens with zero attached hydrogens (tertiary/aromatic N) is 2. The van der Waals surface area contributed by atoms with E-state index in [4.69, 9.17) is 9.15 Å². The summed E-state index contributed by atoms with van der Waals surface area (Å²) in [5.41, 5.74) is 0. The first-order chi connectivity index (χ1) is 6.77. The zero-order chi connectivity index (χ0) is 9.97. The summed E-state index contributed by atoms with van der Waals surface area (Å²) in [6, 6.07) is 0. The predicted octanol–water partition coefficient (Wildman–Crippen LogP) is 0.455. The summed E-state index contributed by atoms with van der Waals surface area (Å²) >= 11 is 0. The van der Waals surface area contributed by atoms with Crippen LogP contribution in [0.15, 0.2) is 10.6 Å². The van der Waals surface area contributed by atoms with Gasteiger partial charge in [-0.05, 0) is 0 Å². The van der Waals surface area contributed by atoms with Crippen LogP contribution in [0, 0.1) is 6.92 Å². The molecule has 1 aromatic heterocycles. The predicted molar refractivity (Wildman–Crippen MR) is 48.0 cm³/mol. The number of hydrogen-bond acceptors (Lipinski definition) is 4.